The van der Waals surface area contributed by atoms with Crippen LogP contribution in [-0.2, 0) is 4.79 Å². The van der Waals surface area contributed by atoms with Crippen LogP contribution in [0.25, 0.3) is 22.4 Å². The van der Waals surface area contributed by atoms with Crippen LogP contribution >= 0.6 is 0 Å². The molecule has 0 amide bonds. The Kier molecular flexibility index (Phi) is 5.89. The van der Waals surface area contributed by atoms with Gasteiger partial charge < -0.3 is 15.5 Å². The zero-order chi connectivity index (χ0) is 22.0. The first-order chi connectivity index (χ1) is 14.9. The summed E-state index contributed by atoms with van der Waals surface area (Å²) >= 11 is 0. The van der Waals surface area contributed by atoms with Gasteiger partial charge in [0.05, 0.1) is 11.6 Å². The van der Waals surface area contributed by atoms with Gasteiger partial charge in [-0.15, -0.1) is 0 Å². The van der Waals surface area contributed by atoms with Crippen LogP contribution in [0.3, 0.4) is 0 Å². The van der Waals surface area contributed by atoms with E-state index in [4.69, 9.17) is 4.98 Å². The van der Waals surface area contributed by atoms with Crippen molar-refractivity contribution in [1.82, 2.24) is 4.98 Å². The SMILES string of the molecule is Cc1ccc(O)c(-c2cc(-c3cccc(F)c3)cc(NC3CCCC(C(=O)O)C3)n2)c1. The molecule has 3 aromatic rings. The van der Waals surface area contributed by atoms with Crippen LogP contribution in [0.4, 0.5) is 10.2 Å². The molecule has 4 rings (SSSR count). The molecular weight excluding hydrogens is 395 g/mol. The molecule has 0 spiro atoms. The number of hydrogen-bond donors (Lipinski definition) is 3. The molecule has 0 saturated heterocycles. The summed E-state index contributed by atoms with van der Waals surface area (Å²) in [6, 6.07) is 15.3. The van der Waals surface area contributed by atoms with Gasteiger partial charge in [-0.3, -0.25) is 4.79 Å². The Morgan fingerprint density at radius 3 is 2.71 bits per heavy atom. The number of benzene rings is 2. The van der Waals surface area contributed by atoms with Gasteiger partial charge in [-0.25, -0.2) is 9.37 Å². The molecule has 2 atom stereocenters. The Balaban J connectivity index is 1.74. The highest BCUT2D eigenvalue weighted by Crippen LogP contribution is 2.34. The van der Waals surface area contributed by atoms with Crippen LogP contribution < -0.4 is 5.32 Å². The van der Waals surface area contributed by atoms with E-state index >= 15 is 0 Å². The third-order valence-electron chi connectivity index (χ3n) is 5.79. The largest absolute Gasteiger partial charge is 0.507 e. The fourth-order valence-corrected chi connectivity index (χ4v) is 4.19. The maximum atomic E-state index is 13.9. The van der Waals surface area contributed by atoms with Gasteiger partial charge in [0.25, 0.3) is 0 Å². The first-order valence-electron chi connectivity index (χ1n) is 10.5. The molecule has 1 fully saturated rings. The molecule has 2 aromatic carbocycles. The number of pyridine rings is 1. The van der Waals surface area contributed by atoms with E-state index in [1.165, 1.54) is 12.1 Å². The highest BCUT2D eigenvalue weighted by molar-refractivity contribution is 5.76. The average Bonchev–Trinajstić information content (AvgIpc) is 2.75. The lowest BCUT2D eigenvalue weighted by Gasteiger charge is -2.28. The molecule has 0 radical (unpaired) electrons. The number of aryl methyl sites for hydroxylation is 1. The maximum absolute atomic E-state index is 13.9. The van der Waals surface area contributed by atoms with Gasteiger partial charge in [0, 0.05) is 11.6 Å². The first kappa shape index (κ1) is 20.8. The lowest BCUT2D eigenvalue weighted by Crippen LogP contribution is -2.31. The summed E-state index contributed by atoms with van der Waals surface area (Å²) in [6.45, 7) is 1.94. The summed E-state index contributed by atoms with van der Waals surface area (Å²) in [6.07, 6.45) is 2.92. The Morgan fingerprint density at radius 1 is 1.10 bits per heavy atom. The van der Waals surface area contributed by atoms with Gasteiger partial charge in [0.2, 0.25) is 0 Å². The van der Waals surface area contributed by atoms with Crippen LogP contribution in [-0.4, -0.2) is 27.2 Å². The number of nitrogens with zero attached hydrogens (tertiary/aromatic N) is 1. The highest BCUT2D eigenvalue weighted by Gasteiger charge is 2.27. The van der Waals surface area contributed by atoms with Crippen molar-refractivity contribution >= 4 is 11.8 Å². The molecule has 0 aliphatic heterocycles. The molecule has 1 heterocycles. The number of phenols is 1. The quantitative estimate of drug-likeness (QED) is 0.499. The van der Waals surface area contributed by atoms with Crippen LogP contribution in [0.2, 0.25) is 0 Å². The lowest BCUT2D eigenvalue weighted by atomic mass is 9.86. The minimum atomic E-state index is -0.765. The van der Waals surface area contributed by atoms with Gasteiger partial charge in [-0.1, -0.05) is 30.2 Å². The number of phenolic OH excluding ortho intramolecular Hbond substituents is 1. The van der Waals surface area contributed by atoms with E-state index in [1.54, 1.807) is 12.1 Å². The molecule has 1 aliphatic rings. The molecule has 0 bridgehead atoms. The molecule has 31 heavy (non-hydrogen) atoms. The zero-order valence-corrected chi connectivity index (χ0v) is 17.3. The van der Waals surface area contributed by atoms with Crippen LogP contribution in [0.5, 0.6) is 5.75 Å². The lowest BCUT2D eigenvalue weighted by molar-refractivity contribution is -0.142. The normalized spacial score (nSPS) is 18.5. The number of carboxylic acid groups (broad SMARTS) is 1. The van der Waals surface area contributed by atoms with Crippen molar-refractivity contribution in [1.29, 1.82) is 0 Å². The second-order valence-electron chi connectivity index (χ2n) is 8.20. The summed E-state index contributed by atoms with van der Waals surface area (Å²) in [5.41, 5.74) is 3.60. The average molecular weight is 420 g/mol. The minimum Gasteiger partial charge on any atom is -0.507 e. The van der Waals surface area contributed by atoms with E-state index in [0.29, 0.717) is 35.5 Å². The number of rotatable bonds is 5. The number of nitrogens with one attached hydrogen (secondary N) is 1. The second-order valence-corrected chi connectivity index (χ2v) is 8.20. The highest BCUT2D eigenvalue weighted by atomic mass is 19.1. The molecule has 6 heteroatoms. The topological polar surface area (TPSA) is 82.5 Å². The third-order valence-corrected chi connectivity index (χ3v) is 5.79. The smallest absolute Gasteiger partial charge is 0.306 e. The first-order valence-corrected chi connectivity index (χ1v) is 10.5. The van der Waals surface area contributed by atoms with Crippen molar-refractivity contribution in [3.05, 3.63) is 66.0 Å². The van der Waals surface area contributed by atoms with Crippen molar-refractivity contribution in [2.75, 3.05) is 5.32 Å². The second kappa shape index (κ2) is 8.76. The number of halogens is 1. The van der Waals surface area contributed by atoms with Crippen molar-refractivity contribution in [2.45, 2.75) is 38.6 Å². The van der Waals surface area contributed by atoms with Crippen molar-refractivity contribution in [3.8, 4) is 28.1 Å². The van der Waals surface area contributed by atoms with Gasteiger partial charge in [-0.2, -0.15) is 0 Å². The van der Waals surface area contributed by atoms with Gasteiger partial charge >= 0.3 is 5.97 Å². The number of aromatic hydroxyl groups is 1. The summed E-state index contributed by atoms with van der Waals surface area (Å²) in [4.78, 5) is 16.1. The summed E-state index contributed by atoms with van der Waals surface area (Å²) in [5, 5.41) is 23.2. The van der Waals surface area contributed by atoms with Gasteiger partial charge in [0.15, 0.2) is 0 Å². The molecule has 1 aromatic heterocycles. The number of aliphatic carboxylic acids is 1. The number of carboxylic acids is 1. The standard InChI is InChI=1S/C25H25FN2O3/c1-15-8-9-23(29)21(10-15)22-13-18(16-4-2-6-19(26)11-16)14-24(28-22)27-20-7-3-5-17(12-20)25(30)31/h2,4,6,8-11,13-14,17,20,29H,3,5,7,12H2,1H3,(H,27,28)(H,30,31). The minimum absolute atomic E-state index is 0.0101. The number of anilines is 1. The molecule has 1 aliphatic carbocycles. The predicted octanol–water partition coefficient (Wildman–Crippen LogP) is 5.62. The Hall–Kier alpha value is -3.41. The Morgan fingerprint density at radius 2 is 1.94 bits per heavy atom. The van der Waals surface area contributed by atoms with E-state index in [9.17, 15) is 19.4 Å². The van der Waals surface area contributed by atoms with Crippen molar-refractivity contribution in [2.24, 2.45) is 5.92 Å². The van der Waals surface area contributed by atoms with Gasteiger partial charge in [-0.05, 0) is 73.7 Å². The van der Waals surface area contributed by atoms with E-state index < -0.39 is 5.97 Å². The molecule has 2 unspecified atom stereocenters. The van der Waals surface area contributed by atoms with Crippen molar-refractivity contribution in [3.63, 3.8) is 0 Å². The van der Waals surface area contributed by atoms with Crippen LogP contribution in [0, 0.1) is 18.7 Å². The molecular formula is C25H25FN2O3. The molecule has 5 nitrogen and oxygen atoms in total. The summed E-state index contributed by atoms with van der Waals surface area (Å²) < 4.78 is 13.9. The molecule has 160 valence electrons. The number of aromatic nitrogens is 1. The molecule has 3 N–H and O–H groups in total. The van der Waals surface area contributed by atoms with E-state index in [-0.39, 0.29) is 23.5 Å². The predicted molar refractivity (Wildman–Crippen MR) is 118 cm³/mol. The fourth-order valence-electron chi connectivity index (χ4n) is 4.19. The number of carbonyl (C=O) groups is 1. The Bertz CT molecular complexity index is 1120. The fraction of sp³-hybridized carbons (Fsp3) is 0.280. The number of hydrogen-bond acceptors (Lipinski definition) is 4. The van der Waals surface area contributed by atoms with Crippen LogP contribution in [0.15, 0.2) is 54.6 Å². The van der Waals surface area contributed by atoms with E-state index in [0.717, 1.165) is 24.0 Å². The van der Waals surface area contributed by atoms with Gasteiger partial charge in [0.1, 0.15) is 17.4 Å². The summed E-state index contributed by atoms with van der Waals surface area (Å²) in [5.74, 6) is -0.769. The third kappa shape index (κ3) is 4.85. The zero-order valence-electron chi connectivity index (χ0n) is 17.3. The Labute approximate surface area is 180 Å². The maximum Gasteiger partial charge on any atom is 0.306 e. The monoisotopic (exact) mass is 420 g/mol. The molecule has 1 saturated carbocycles. The van der Waals surface area contributed by atoms with E-state index in [1.807, 2.05) is 37.3 Å². The van der Waals surface area contributed by atoms with Crippen molar-refractivity contribution < 1.29 is 19.4 Å². The van der Waals surface area contributed by atoms with Crippen LogP contribution in [0.1, 0.15) is 31.2 Å². The summed E-state index contributed by atoms with van der Waals surface area (Å²) in [7, 11) is 0. The van der Waals surface area contributed by atoms with E-state index in [2.05, 4.69) is 5.32 Å².